The van der Waals surface area contributed by atoms with Gasteiger partial charge in [-0.25, -0.2) is 0 Å². The Labute approximate surface area is 175 Å². The van der Waals surface area contributed by atoms with Crippen LogP contribution in [0.2, 0.25) is 5.02 Å². The number of hydrogen-bond acceptors (Lipinski definition) is 3. The molecule has 8 heteroatoms. The minimum atomic E-state index is -4.60. The van der Waals surface area contributed by atoms with Crippen LogP contribution in [-0.4, -0.2) is 11.0 Å². The van der Waals surface area contributed by atoms with Crippen molar-refractivity contribution in [2.45, 2.75) is 19.7 Å². The first-order valence-electron chi connectivity index (χ1n) is 8.83. The largest absolute Gasteiger partial charge is 0.507 e. The second kappa shape index (κ2) is 8.67. The van der Waals surface area contributed by atoms with E-state index < -0.39 is 17.6 Å². The van der Waals surface area contributed by atoms with Gasteiger partial charge in [-0.3, -0.25) is 4.79 Å². The van der Waals surface area contributed by atoms with Gasteiger partial charge >= 0.3 is 6.18 Å². The van der Waals surface area contributed by atoms with Crippen LogP contribution in [-0.2, 0) is 12.8 Å². The van der Waals surface area contributed by atoms with Crippen molar-refractivity contribution in [3.05, 3.63) is 87.9 Å². The van der Waals surface area contributed by atoms with E-state index in [0.717, 1.165) is 29.3 Å². The lowest BCUT2D eigenvalue weighted by Crippen LogP contribution is -2.15. The summed E-state index contributed by atoms with van der Waals surface area (Å²) in [6, 6.07) is 14.1. The van der Waals surface area contributed by atoms with Crippen LogP contribution in [0.4, 0.5) is 18.9 Å². The normalized spacial score (nSPS) is 11.2. The molecule has 2 N–H and O–H groups in total. The molecule has 3 rings (SSSR count). The Bertz CT molecular complexity index is 1080. The summed E-state index contributed by atoms with van der Waals surface area (Å²) in [6.07, 6.45) is -4.60. The van der Waals surface area contributed by atoms with Gasteiger partial charge in [0.05, 0.1) is 16.8 Å². The predicted octanol–water partition coefficient (Wildman–Crippen LogP) is 6.20. The average Bonchev–Trinajstić information content (AvgIpc) is 2.68. The van der Waals surface area contributed by atoms with Crippen LogP contribution in [0.3, 0.4) is 0 Å². The quantitative estimate of drug-likeness (QED) is 0.501. The van der Waals surface area contributed by atoms with E-state index in [9.17, 15) is 23.1 Å². The van der Waals surface area contributed by atoms with Gasteiger partial charge in [-0.2, -0.15) is 13.2 Å². The number of ether oxygens (including phenoxy) is 1. The van der Waals surface area contributed by atoms with Gasteiger partial charge in [0.1, 0.15) is 18.1 Å². The number of aryl methyl sites for hydroxylation is 1. The van der Waals surface area contributed by atoms with E-state index in [-0.39, 0.29) is 34.4 Å². The Hall–Kier alpha value is -3.19. The van der Waals surface area contributed by atoms with Crippen LogP contribution in [0.5, 0.6) is 11.5 Å². The summed E-state index contributed by atoms with van der Waals surface area (Å²) >= 11 is 5.85. The highest BCUT2D eigenvalue weighted by molar-refractivity contribution is 6.31. The van der Waals surface area contributed by atoms with Crippen molar-refractivity contribution in [3.63, 3.8) is 0 Å². The van der Waals surface area contributed by atoms with E-state index >= 15 is 0 Å². The fourth-order valence-corrected chi connectivity index (χ4v) is 2.94. The molecule has 3 aromatic carbocycles. The predicted molar refractivity (Wildman–Crippen MR) is 108 cm³/mol. The van der Waals surface area contributed by atoms with Gasteiger partial charge in [-0.05, 0) is 48.9 Å². The average molecular weight is 436 g/mol. The Morgan fingerprint density at radius 2 is 1.87 bits per heavy atom. The smallest absolute Gasteiger partial charge is 0.416 e. The maximum Gasteiger partial charge on any atom is 0.416 e. The molecule has 0 aliphatic heterocycles. The number of anilines is 1. The minimum absolute atomic E-state index is 0.0550. The molecule has 0 aliphatic rings. The molecule has 3 aromatic rings. The maximum absolute atomic E-state index is 13.2. The number of phenols is 1. The third kappa shape index (κ3) is 5.24. The topological polar surface area (TPSA) is 58.6 Å². The fourth-order valence-electron chi connectivity index (χ4n) is 2.77. The van der Waals surface area contributed by atoms with Crippen LogP contribution in [0, 0.1) is 6.92 Å². The standard InChI is InChI=1S/C22H17ClF3NO3/c1-13-3-2-4-14(9-13)12-30-20-8-5-15(22(24,25)26)10-18(20)27-21(29)17-11-16(23)6-7-19(17)28/h2-11,28H,12H2,1H3,(H,27,29). The number of rotatable bonds is 5. The maximum atomic E-state index is 13.2. The van der Waals surface area contributed by atoms with Gasteiger partial charge in [-0.15, -0.1) is 0 Å². The summed E-state index contributed by atoms with van der Waals surface area (Å²) in [5.74, 6) is -1.12. The molecule has 0 unspecified atom stereocenters. The molecule has 0 saturated heterocycles. The Morgan fingerprint density at radius 3 is 2.57 bits per heavy atom. The molecule has 0 aliphatic carbocycles. The SMILES string of the molecule is Cc1cccc(COc2ccc(C(F)(F)F)cc2NC(=O)c2cc(Cl)ccc2O)c1. The number of amides is 1. The summed E-state index contributed by atoms with van der Waals surface area (Å²) in [5.41, 5.74) is 0.524. The first-order chi connectivity index (χ1) is 14.1. The third-order valence-electron chi connectivity index (χ3n) is 4.24. The van der Waals surface area contributed by atoms with Crippen molar-refractivity contribution in [2.75, 3.05) is 5.32 Å². The van der Waals surface area contributed by atoms with Crippen molar-refractivity contribution in [2.24, 2.45) is 0 Å². The van der Waals surface area contributed by atoms with Crippen molar-refractivity contribution in [3.8, 4) is 11.5 Å². The van der Waals surface area contributed by atoms with Gasteiger partial charge in [0.15, 0.2) is 0 Å². The Morgan fingerprint density at radius 1 is 1.10 bits per heavy atom. The van der Waals surface area contributed by atoms with E-state index in [2.05, 4.69) is 5.32 Å². The van der Waals surface area contributed by atoms with Gasteiger partial charge in [0.25, 0.3) is 5.91 Å². The third-order valence-corrected chi connectivity index (χ3v) is 4.47. The first-order valence-corrected chi connectivity index (χ1v) is 9.21. The second-order valence-electron chi connectivity index (χ2n) is 6.60. The number of nitrogens with one attached hydrogen (secondary N) is 1. The number of alkyl halides is 3. The molecule has 0 atom stereocenters. The summed E-state index contributed by atoms with van der Waals surface area (Å²) in [4.78, 5) is 12.6. The zero-order chi connectivity index (χ0) is 21.9. The summed E-state index contributed by atoms with van der Waals surface area (Å²) in [7, 11) is 0. The van der Waals surface area contributed by atoms with Crippen LogP contribution >= 0.6 is 11.6 Å². The van der Waals surface area contributed by atoms with Crippen molar-refractivity contribution >= 4 is 23.2 Å². The molecule has 0 aromatic heterocycles. The molecule has 0 spiro atoms. The van der Waals surface area contributed by atoms with Gasteiger partial charge in [-0.1, -0.05) is 41.4 Å². The zero-order valence-corrected chi connectivity index (χ0v) is 16.5. The van der Waals surface area contributed by atoms with E-state index in [1.54, 1.807) is 0 Å². The van der Waals surface area contributed by atoms with Crippen molar-refractivity contribution in [1.82, 2.24) is 0 Å². The molecular formula is C22H17ClF3NO3. The highest BCUT2D eigenvalue weighted by Crippen LogP contribution is 2.36. The summed E-state index contributed by atoms with van der Waals surface area (Å²) < 4.78 is 45.1. The van der Waals surface area contributed by atoms with Gasteiger partial charge in [0, 0.05) is 5.02 Å². The number of phenolic OH excluding ortho intramolecular Hbond substituents is 1. The molecule has 0 saturated carbocycles. The van der Waals surface area contributed by atoms with Gasteiger partial charge < -0.3 is 15.2 Å². The van der Waals surface area contributed by atoms with Crippen molar-refractivity contribution < 1.29 is 27.8 Å². The molecular weight excluding hydrogens is 419 g/mol. The summed E-state index contributed by atoms with van der Waals surface area (Å²) in [5, 5.41) is 12.4. The number of carbonyl (C=O) groups is 1. The molecule has 4 nitrogen and oxygen atoms in total. The van der Waals surface area contributed by atoms with E-state index in [4.69, 9.17) is 16.3 Å². The van der Waals surface area contributed by atoms with Crippen LogP contribution in [0.25, 0.3) is 0 Å². The van der Waals surface area contributed by atoms with E-state index in [1.807, 2.05) is 31.2 Å². The molecule has 0 heterocycles. The lowest BCUT2D eigenvalue weighted by atomic mass is 10.1. The van der Waals surface area contributed by atoms with E-state index in [0.29, 0.717) is 0 Å². The Kier molecular flexibility index (Phi) is 6.22. The van der Waals surface area contributed by atoms with Crippen molar-refractivity contribution in [1.29, 1.82) is 0 Å². The number of benzene rings is 3. The van der Waals surface area contributed by atoms with Crippen LogP contribution in [0.1, 0.15) is 27.0 Å². The number of aromatic hydroxyl groups is 1. The monoisotopic (exact) mass is 435 g/mol. The lowest BCUT2D eigenvalue weighted by molar-refractivity contribution is -0.137. The molecule has 0 bridgehead atoms. The first kappa shape index (κ1) is 21.5. The van der Waals surface area contributed by atoms with Crippen LogP contribution < -0.4 is 10.1 Å². The minimum Gasteiger partial charge on any atom is -0.507 e. The molecule has 156 valence electrons. The van der Waals surface area contributed by atoms with Gasteiger partial charge in [0.2, 0.25) is 0 Å². The molecule has 30 heavy (non-hydrogen) atoms. The van der Waals surface area contributed by atoms with Crippen LogP contribution in [0.15, 0.2) is 60.7 Å². The second-order valence-corrected chi connectivity index (χ2v) is 7.04. The number of carbonyl (C=O) groups excluding carboxylic acids is 1. The lowest BCUT2D eigenvalue weighted by Gasteiger charge is -2.16. The molecule has 0 fully saturated rings. The number of hydrogen-bond donors (Lipinski definition) is 2. The Balaban J connectivity index is 1.91. The molecule has 1 amide bonds. The molecule has 0 radical (unpaired) electrons. The fraction of sp³-hybridized carbons (Fsp3) is 0.136. The number of halogens is 4. The zero-order valence-electron chi connectivity index (χ0n) is 15.8. The highest BCUT2D eigenvalue weighted by Gasteiger charge is 2.31. The highest BCUT2D eigenvalue weighted by atomic mass is 35.5. The summed E-state index contributed by atoms with van der Waals surface area (Å²) in [6.45, 7) is 2.00. The van der Waals surface area contributed by atoms with E-state index in [1.165, 1.54) is 18.2 Å².